The maximum absolute atomic E-state index is 12.7. The van der Waals surface area contributed by atoms with Gasteiger partial charge in [-0.25, -0.2) is 4.98 Å². The van der Waals surface area contributed by atoms with Crippen LogP contribution in [0.25, 0.3) is 21.9 Å². The predicted molar refractivity (Wildman–Crippen MR) is 103 cm³/mol. The van der Waals surface area contributed by atoms with Gasteiger partial charge in [-0.15, -0.1) is 0 Å². The molecule has 0 spiro atoms. The van der Waals surface area contributed by atoms with Crippen LogP contribution in [0.3, 0.4) is 0 Å². The van der Waals surface area contributed by atoms with Crippen LogP contribution in [0, 0.1) is 0 Å². The molecule has 0 unspecified atom stereocenters. The number of para-hydroxylation sites is 2. The van der Waals surface area contributed by atoms with Gasteiger partial charge >= 0.3 is 0 Å². The third-order valence-electron chi connectivity index (χ3n) is 4.40. The zero-order valence-electron chi connectivity index (χ0n) is 14.7. The van der Waals surface area contributed by atoms with Gasteiger partial charge in [-0.2, -0.15) is 0 Å². The smallest absolute Gasteiger partial charge is 0.274 e. The molecule has 4 rings (SSSR count). The van der Waals surface area contributed by atoms with Crippen molar-refractivity contribution in [1.29, 1.82) is 0 Å². The first-order chi connectivity index (χ1) is 12.7. The maximum Gasteiger partial charge on any atom is 0.274 e. The lowest BCUT2D eigenvalue weighted by atomic mass is 10.2. The van der Waals surface area contributed by atoms with Crippen LogP contribution in [0.2, 0.25) is 0 Å². The predicted octanol–water partition coefficient (Wildman–Crippen LogP) is 4.19. The highest BCUT2D eigenvalue weighted by Gasteiger charge is 2.15. The van der Waals surface area contributed by atoms with Gasteiger partial charge in [-0.05, 0) is 36.8 Å². The summed E-state index contributed by atoms with van der Waals surface area (Å²) >= 11 is 0. The maximum atomic E-state index is 12.7. The number of nitrogens with one attached hydrogen (secondary N) is 2. The Morgan fingerprint density at radius 3 is 2.88 bits per heavy atom. The summed E-state index contributed by atoms with van der Waals surface area (Å²) in [5.41, 5.74) is 3.24. The number of H-pyrrole nitrogens is 1. The van der Waals surface area contributed by atoms with Crippen molar-refractivity contribution in [2.24, 2.45) is 0 Å². The number of amides is 1. The molecule has 0 saturated heterocycles. The van der Waals surface area contributed by atoms with Gasteiger partial charge in [0.15, 0.2) is 0 Å². The lowest BCUT2D eigenvalue weighted by Crippen LogP contribution is -2.16. The van der Waals surface area contributed by atoms with Crippen molar-refractivity contribution in [3.8, 4) is 5.75 Å². The molecule has 0 saturated carbocycles. The van der Waals surface area contributed by atoms with E-state index >= 15 is 0 Å². The van der Waals surface area contributed by atoms with E-state index < -0.39 is 0 Å². The highest BCUT2D eigenvalue weighted by atomic mass is 16.5. The number of hydrogen-bond donors (Lipinski definition) is 2. The van der Waals surface area contributed by atoms with Gasteiger partial charge in [-0.1, -0.05) is 19.1 Å². The number of rotatable bonds is 5. The Morgan fingerprint density at radius 1 is 1.23 bits per heavy atom. The monoisotopic (exact) mass is 348 g/mol. The second-order valence-corrected chi connectivity index (χ2v) is 6.17. The molecular formula is C20H20N4O2. The number of fused-ring (bicyclic) bond motifs is 2. The van der Waals surface area contributed by atoms with E-state index in [-0.39, 0.29) is 5.91 Å². The number of methoxy groups -OCH3 is 1. The standard InChI is InChI=1S/C20H20N4O2/c1-3-10-24-18-7-5-4-6-15(18)22-20(24)23-19(25)17-11-13-8-9-14(26-2)12-16(13)21-17/h4-9,11-12,21H,3,10H2,1-2H3,(H,22,23,25). The fraction of sp³-hybridized carbons (Fsp3) is 0.200. The van der Waals surface area contributed by atoms with Crippen molar-refractivity contribution < 1.29 is 9.53 Å². The zero-order valence-corrected chi connectivity index (χ0v) is 14.7. The van der Waals surface area contributed by atoms with E-state index in [4.69, 9.17) is 4.74 Å². The first kappa shape index (κ1) is 16.2. The number of carbonyl (C=O) groups is 1. The summed E-state index contributed by atoms with van der Waals surface area (Å²) in [6.45, 7) is 2.89. The molecule has 2 N–H and O–H groups in total. The highest BCUT2D eigenvalue weighted by molar-refractivity contribution is 6.05. The molecule has 4 aromatic rings. The van der Waals surface area contributed by atoms with Gasteiger partial charge in [0, 0.05) is 23.5 Å². The van der Waals surface area contributed by atoms with Crippen LogP contribution in [0.1, 0.15) is 23.8 Å². The highest BCUT2D eigenvalue weighted by Crippen LogP contribution is 2.23. The van der Waals surface area contributed by atoms with E-state index in [1.165, 1.54) is 0 Å². The van der Waals surface area contributed by atoms with Gasteiger partial charge in [0.2, 0.25) is 5.95 Å². The molecule has 6 heteroatoms. The summed E-state index contributed by atoms with van der Waals surface area (Å²) in [6, 6.07) is 15.4. The molecule has 0 fully saturated rings. The molecule has 2 heterocycles. The summed E-state index contributed by atoms with van der Waals surface area (Å²) in [5.74, 6) is 1.10. The fourth-order valence-electron chi connectivity index (χ4n) is 3.15. The van der Waals surface area contributed by atoms with Crippen LogP contribution in [0.5, 0.6) is 5.75 Å². The van der Waals surface area contributed by atoms with Crippen molar-refractivity contribution >= 4 is 33.8 Å². The largest absolute Gasteiger partial charge is 0.497 e. The lowest BCUT2D eigenvalue weighted by Gasteiger charge is -2.08. The minimum atomic E-state index is -0.215. The Bertz CT molecular complexity index is 1090. The van der Waals surface area contributed by atoms with Gasteiger partial charge in [0.25, 0.3) is 5.91 Å². The number of aryl methyl sites for hydroxylation is 1. The Kier molecular flexibility index (Phi) is 4.08. The second kappa shape index (κ2) is 6.55. The summed E-state index contributed by atoms with van der Waals surface area (Å²) in [6.07, 6.45) is 0.954. The normalized spacial score (nSPS) is 11.2. The molecule has 1 amide bonds. The molecule has 0 bridgehead atoms. The van der Waals surface area contributed by atoms with Crippen LogP contribution in [-0.4, -0.2) is 27.6 Å². The van der Waals surface area contributed by atoms with Crippen molar-refractivity contribution in [1.82, 2.24) is 14.5 Å². The number of nitrogens with zero attached hydrogens (tertiary/aromatic N) is 2. The summed E-state index contributed by atoms with van der Waals surface area (Å²) in [4.78, 5) is 20.5. The number of carbonyl (C=O) groups excluding carboxylic acids is 1. The third kappa shape index (κ3) is 2.79. The lowest BCUT2D eigenvalue weighted by molar-refractivity contribution is 0.102. The molecule has 26 heavy (non-hydrogen) atoms. The summed E-state index contributed by atoms with van der Waals surface area (Å²) in [5, 5.41) is 3.90. The first-order valence-electron chi connectivity index (χ1n) is 8.63. The van der Waals surface area contributed by atoms with E-state index in [1.807, 2.05) is 53.1 Å². The van der Waals surface area contributed by atoms with Crippen molar-refractivity contribution in [3.05, 3.63) is 54.2 Å². The molecule has 132 valence electrons. The Balaban J connectivity index is 1.67. The number of ether oxygens (including phenoxy) is 1. The van der Waals surface area contributed by atoms with Gasteiger partial charge < -0.3 is 14.3 Å². The molecular weight excluding hydrogens is 328 g/mol. The number of aromatic amines is 1. The van der Waals surface area contributed by atoms with Crippen LogP contribution in [-0.2, 0) is 6.54 Å². The van der Waals surface area contributed by atoms with Crippen LogP contribution < -0.4 is 10.1 Å². The number of hydrogen-bond acceptors (Lipinski definition) is 3. The van der Waals surface area contributed by atoms with Crippen LogP contribution in [0.4, 0.5) is 5.95 Å². The van der Waals surface area contributed by atoms with Crippen molar-refractivity contribution in [3.63, 3.8) is 0 Å². The van der Waals surface area contributed by atoms with E-state index in [2.05, 4.69) is 22.2 Å². The average molecular weight is 348 g/mol. The topological polar surface area (TPSA) is 71.9 Å². The zero-order chi connectivity index (χ0) is 18.1. The van der Waals surface area contributed by atoms with E-state index in [1.54, 1.807) is 7.11 Å². The molecule has 6 nitrogen and oxygen atoms in total. The molecule has 0 radical (unpaired) electrons. The Morgan fingerprint density at radius 2 is 2.08 bits per heavy atom. The average Bonchev–Trinajstić information content (AvgIpc) is 3.23. The molecule has 0 atom stereocenters. The molecule has 0 aliphatic heterocycles. The van der Waals surface area contributed by atoms with Crippen molar-refractivity contribution in [2.75, 3.05) is 12.4 Å². The molecule has 2 aromatic carbocycles. The van der Waals surface area contributed by atoms with Crippen LogP contribution in [0.15, 0.2) is 48.5 Å². The van der Waals surface area contributed by atoms with Crippen molar-refractivity contribution in [2.45, 2.75) is 19.9 Å². The fourth-order valence-corrected chi connectivity index (χ4v) is 3.15. The van der Waals surface area contributed by atoms with Crippen LogP contribution >= 0.6 is 0 Å². The van der Waals surface area contributed by atoms with Gasteiger partial charge in [-0.3, -0.25) is 10.1 Å². The Labute approximate surface area is 150 Å². The summed E-state index contributed by atoms with van der Waals surface area (Å²) < 4.78 is 7.27. The molecule has 2 aromatic heterocycles. The minimum Gasteiger partial charge on any atom is -0.497 e. The first-order valence-corrected chi connectivity index (χ1v) is 8.63. The number of benzene rings is 2. The molecule has 0 aliphatic rings. The van der Waals surface area contributed by atoms with Gasteiger partial charge in [0.05, 0.1) is 18.1 Å². The second-order valence-electron chi connectivity index (χ2n) is 6.17. The quantitative estimate of drug-likeness (QED) is 0.568. The SMILES string of the molecule is CCCn1c(NC(=O)c2cc3ccc(OC)cc3[nH]2)nc2ccccc21. The van der Waals surface area contributed by atoms with E-state index in [0.717, 1.165) is 40.7 Å². The molecule has 0 aliphatic carbocycles. The third-order valence-corrected chi connectivity index (χ3v) is 4.40. The number of aromatic nitrogens is 3. The minimum absolute atomic E-state index is 0.215. The van der Waals surface area contributed by atoms with E-state index in [0.29, 0.717) is 11.6 Å². The number of anilines is 1. The van der Waals surface area contributed by atoms with E-state index in [9.17, 15) is 4.79 Å². The number of imidazole rings is 1. The Hall–Kier alpha value is -3.28. The van der Waals surface area contributed by atoms with Gasteiger partial charge in [0.1, 0.15) is 11.4 Å². The summed E-state index contributed by atoms with van der Waals surface area (Å²) in [7, 11) is 1.62.